The van der Waals surface area contributed by atoms with E-state index in [-0.39, 0.29) is 0 Å². The Morgan fingerprint density at radius 1 is 1.25 bits per heavy atom. The van der Waals surface area contributed by atoms with Crippen LogP contribution in [0.2, 0.25) is 0 Å². The zero-order valence-corrected chi connectivity index (χ0v) is 13.1. The first kappa shape index (κ1) is 14.5. The van der Waals surface area contributed by atoms with Crippen molar-refractivity contribution >= 4 is 23.0 Å². The SMILES string of the molecule is Cc1ccc(NC(=S)NCc2cc(C)nn2C)c(C)c1. The number of nitrogens with zero attached hydrogens (tertiary/aromatic N) is 2. The van der Waals surface area contributed by atoms with Crippen LogP contribution in [0, 0.1) is 20.8 Å². The predicted molar refractivity (Wildman–Crippen MR) is 86.9 cm³/mol. The molecule has 0 spiro atoms. The Morgan fingerprint density at radius 3 is 2.60 bits per heavy atom. The van der Waals surface area contributed by atoms with E-state index >= 15 is 0 Å². The van der Waals surface area contributed by atoms with Crippen molar-refractivity contribution in [2.45, 2.75) is 27.3 Å². The van der Waals surface area contributed by atoms with Gasteiger partial charge < -0.3 is 10.6 Å². The Balaban J connectivity index is 1.94. The number of thiocarbonyl (C=S) groups is 1. The number of aryl methyl sites for hydroxylation is 4. The molecule has 0 amide bonds. The molecule has 0 saturated heterocycles. The minimum Gasteiger partial charge on any atom is -0.357 e. The van der Waals surface area contributed by atoms with Gasteiger partial charge in [0.25, 0.3) is 0 Å². The smallest absolute Gasteiger partial charge is 0.171 e. The number of hydrogen-bond donors (Lipinski definition) is 2. The van der Waals surface area contributed by atoms with Crippen molar-refractivity contribution < 1.29 is 0 Å². The number of nitrogens with one attached hydrogen (secondary N) is 2. The number of benzene rings is 1. The maximum Gasteiger partial charge on any atom is 0.171 e. The molecule has 0 bridgehead atoms. The Hall–Kier alpha value is -1.88. The minimum atomic E-state index is 0.621. The number of rotatable bonds is 3. The summed E-state index contributed by atoms with van der Waals surface area (Å²) in [5.41, 5.74) is 5.59. The fourth-order valence-electron chi connectivity index (χ4n) is 2.12. The van der Waals surface area contributed by atoms with Crippen molar-refractivity contribution in [1.29, 1.82) is 0 Å². The van der Waals surface area contributed by atoms with Crippen LogP contribution in [0.1, 0.15) is 22.5 Å². The number of anilines is 1. The molecule has 0 aliphatic rings. The molecule has 106 valence electrons. The van der Waals surface area contributed by atoms with Crippen molar-refractivity contribution in [3.05, 3.63) is 46.8 Å². The van der Waals surface area contributed by atoms with Crippen molar-refractivity contribution in [2.75, 3.05) is 5.32 Å². The van der Waals surface area contributed by atoms with E-state index in [0.29, 0.717) is 11.7 Å². The lowest BCUT2D eigenvalue weighted by atomic mass is 10.1. The third kappa shape index (κ3) is 3.57. The Kier molecular flexibility index (Phi) is 4.39. The van der Waals surface area contributed by atoms with Crippen LogP contribution in [0.5, 0.6) is 0 Å². The molecule has 0 unspecified atom stereocenters. The Bertz CT molecular complexity index is 631. The molecule has 2 aromatic rings. The summed E-state index contributed by atoms with van der Waals surface area (Å²) in [6.45, 7) is 6.80. The van der Waals surface area contributed by atoms with Gasteiger partial charge in [-0.25, -0.2) is 0 Å². The van der Waals surface area contributed by atoms with Crippen LogP contribution in [-0.2, 0) is 13.6 Å². The third-order valence-corrected chi connectivity index (χ3v) is 3.41. The molecule has 0 saturated carbocycles. The second kappa shape index (κ2) is 6.05. The van der Waals surface area contributed by atoms with E-state index in [1.807, 2.05) is 30.8 Å². The fourth-order valence-corrected chi connectivity index (χ4v) is 2.30. The van der Waals surface area contributed by atoms with Gasteiger partial charge in [-0.15, -0.1) is 0 Å². The average Bonchev–Trinajstić information content (AvgIpc) is 2.69. The maximum absolute atomic E-state index is 5.33. The molecule has 0 fully saturated rings. The van der Waals surface area contributed by atoms with Crippen LogP contribution < -0.4 is 10.6 Å². The summed E-state index contributed by atoms with van der Waals surface area (Å²) >= 11 is 5.33. The van der Waals surface area contributed by atoms with Crippen molar-refractivity contribution in [3.8, 4) is 0 Å². The van der Waals surface area contributed by atoms with Crippen LogP contribution in [0.15, 0.2) is 24.3 Å². The second-order valence-corrected chi connectivity index (χ2v) is 5.43. The topological polar surface area (TPSA) is 41.9 Å². The highest BCUT2D eigenvalue weighted by atomic mass is 32.1. The van der Waals surface area contributed by atoms with Crippen LogP contribution in [0.25, 0.3) is 0 Å². The summed E-state index contributed by atoms with van der Waals surface area (Å²) in [5, 5.41) is 11.4. The predicted octanol–water partition coefficient (Wildman–Crippen LogP) is 2.83. The molecule has 4 nitrogen and oxygen atoms in total. The molecule has 2 N–H and O–H groups in total. The van der Waals surface area contributed by atoms with E-state index in [1.54, 1.807) is 0 Å². The molecular weight excluding hydrogens is 268 g/mol. The monoisotopic (exact) mass is 288 g/mol. The average molecular weight is 288 g/mol. The first-order valence-corrected chi connectivity index (χ1v) is 6.98. The molecule has 1 aromatic heterocycles. The third-order valence-electron chi connectivity index (χ3n) is 3.16. The van der Waals surface area contributed by atoms with Gasteiger partial charge in [-0.3, -0.25) is 4.68 Å². The van der Waals surface area contributed by atoms with Gasteiger partial charge >= 0.3 is 0 Å². The Morgan fingerprint density at radius 2 is 2.00 bits per heavy atom. The highest BCUT2D eigenvalue weighted by Gasteiger charge is 2.04. The van der Waals surface area contributed by atoms with E-state index in [2.05, 4.69) is 41.7 Å². The summed E-state index contributed by atoms with van der Waals surface area (Å²) < 4.78 is 1.86. The standard InChI is InChI=1S/C15H20N4S/c1-10-5-6-14(11(2)7-10)17-15(20)16-9-13-8-12(3)18-19(13)4/h5-8H,9H2,1-4H3,(H2,16,17,20). The summed E-state index contributed by atoms with van der Waals surface area (Å²) in [7, 11) is 1.94. The molecule has 2 rings (SSSR count). The molecule has 0 radical (unpaired) electrons. The van der Waals surface area contributed by atoms with Crippen LogP contribution in [-0.4, -0.2) is 14.9 Å². The van der Waals surface area contributed by atoms with E-state index in [4.69, 9.17) is 12.2 Å². The van der Waals surface area contributed by atoms with Gasteiger partial charge in [-0.2, -0.15) is 5.10 Å². The van der Waals surface area contributed by atoms with Crippen molar-refractivity contribution in [3.63, 3.8) is 0 Å². The second-order valence-electron chi connectivity index (χ2n) is 5.03. The highest BCUT2D eigenvalue weighted by molar-refractivity contribution is 7.80. The molecular formula is C15H20N4S. The van der Waals surface area contributed by atoms with Gasteiger partial charge in [-0.1, -0.05) is 17.7 Å². The van der Waals surface area contributed by atoms with E-state index < -0.39 is 0 Å². The van der Waals surface area contributed by atoms with Gasteiger partial charge in [0.15, 0.2) is 5.11 Å². The maximum atomic E-state index is 5.33. The van der Waals surface area contributed by atoms with Crippen LogP contribution in [0.4, 0.5) is 5.69 Å². The molecule has 5 heteroatoms. The lowest BCUT2D eigenvalue weighted by Crippen LogP contribution is -2.29. The largest absolute Gasteiger partial charge is 0.357 e. The molecule has 0 atom stereocenters. The van der Waals surface area contributed by atoms with Crippen molar-refractivity contribution in [2.24, 2.45) is 7.05 Å². The summed E-state index contributed by atoms with van der Waals surface area (Å²) in [6, 6.07) is 8.30. The minimum absolute atomic E-state index is 0.621. The lowest BCUT2D eigenvalue weighted by Gasteiger charge is -2.13. The number of hydrogen-bond acceptors (Lipinski definition) is 2. The zero-order chi connectivity index (χ0) is 14.7. The van der Waals surface area contributed by atoms with Gasteiger partial charge in [0.2, 0.25) is 0 Å². The van der Waals surface area contributed by atoms with Gasteiger partial charge in [0.05, 0.1) is 17.9 Å². The summed E-state index contributed by atoms with van der Waals surface area (Å²) in [6.07, 6.45) is 0. The molecule has 0 aliphatic heterocycles. The van der Waals surface area contributed by atoms with Crippen LogP contribution >= 0.6 is 12.2 Å². The van der Waals surface area contributed by atoms with Gasteiger partial charge in [0, 0.05) is 12.7 Å². The number of aromatic nitrogens is 2. The van der Waals surface area contributed by atoms with E-state index in [9.17, 15) is 0 Å². The molecule has 1 heterocycles. The summed E-state index contributed by atoms with van der Waals surface area (Å²) in [4.78, 5) is 0. The Labute approximate surface area is 125 Å². The lowest BCUT2D eigenvalue weighted by molar-refractivity contribution is 0.689. The van der Waals surface area contributed by atoms with Crippen LogP contribution in [0.3, 0.4) is 0 Å². The van der Waals surface area contributed by atoms with E-state index in [1.165, 1.54) is 11.1 Å². The first-order chi connectivity index (χ1) is 9.45. The quantitative estimate of drug-likeness (QED) is 0.852. The molecule has 1 aromatic carbocycles. The summed E-state index contributed by atoms with van der Waals surface area (Å²) in [5.74, 6) is 0. The molecule has 20 heavy (non-hydrogen) atoms. The fraction of sp³-hybridized carbons (Fsp3) is 0.333. The highest BCUT2D eigenvalue weighted by Crippen LogP contribution is 2.15. The zero-order valence-electron chi connectivity index (χ0n) is 12.3. The van der Waals surface area contributed by atoms with Gasteiger partial charge in [0.1, 0.15) is 0 Å². The molecule has 0 aliphatic carbocycles. The van der Waals surface area contributed by atoms with Gasteiger partial charge in [-0.05, 0) is 50.7 Å². The first-order valence-electron chi connectivity index (χ1n) is 6.57. The van der Waals surface area contributed by atoms with E-state index in [0.717, 1.165) is 17.1 Å². The van der Waals surface area contributed by atoms with Crippen molar-refractivity contribution in [1.82, 2.24) is 15.1 Å². The normalized spacial score (nSPS) is 10.4.